The average molecular weight is 266 g/mol. The lowest BCUT2D eigenvalue weighted by Gasteiger charge is -2.27. The fraction of sp³-hybridized carbons (Fsp3) is 1.00. The van der Waals surface area contributed by atoms with Crippen molar-refractivity contribution >= 4 is 0 Å². The topological polar surface area (TPSA) is 24.1 Å². The standard InChI is InChI=1S/C9H16F6N2/c1-3-16-6(8(10,11)12)5-7(17-4-2)9(13,14)15/h6-7,16-17H,3-5H2,1-2H3. The highest BCUT2D eigenvalue weighted by atomic mass is 19.4. The van der Waals surface area contributed by atoms with Crippen LogP contribution in [0.3, 0.4) is 0 Å². The molecule has 0 saturated carbocycles. The van der Waals surface area contributed by atoms with Gasteiger partial charge in [0.05, 0.1) is 0 Å². The number of hydrogen-bond donors (Lipinski definition) is 2. The summed E-state index contributed by atoms with van der Waals surface area (Å²) in [6, 6.07) is -4.31. The van der Waals surface area contributed by atoms with Crippen LogP contribution in [0.25, 0.3) is 0 Å². The van der Waals surface area contributed by atoms with Crippen molar-refractivity contribution in [3.8, 4) is 0 Å². The first kappa shape index (κ1) is 16.5. The molecule has 0 aromatic rings. The summed E-state index contributed by atoms with van der Waals surface area (Å²) in [6.07, 6.45) is -10.4. The van der Waals surface area contributed by atoms with E-state index in [2.05, 4.69) is 0 Å². The molecule has 0 aliphatic heterocycles. The molecule has 0 saturated heterocycles. The van der Waals surface area contributed by atoms with Crippen LogP contribution in [0.15, 0.2) is 0 Å². The highest BCUT2D eigenvalue weighted by molar-refractivity contribution is 4.85. The van der Waals surface area contributed by atoms with E-state index in [1.807, 2.05) is 10.6 Å². The maximum atomic E-state index is 12.4. The third-order valence-electron chi connectivity index (χ3n) is 2.16. The first-order chi connectivity index (χ1) is 7.62. The Labute approximate surface area is 95.8 Å². The van der Waals surface area contributed by atoms with E-state index in [9.17, 15) is 26.3 Å². The summed E-state index contributed by atoms with van der Waals surface area (Å²) in [5.74, 6) is 0. The van der Waals surface area contributed by atoms with E-state index in [4.69, 9.17) is 0 Å². The highest BCUT2D eigenvalue weighted by Crippen LogP contribution is 2.29. The monoisotopic (exact) mass is 266 g/mol. The summed E-state index contributed by atoms with van der Waals surface area (Å²) in [5, 5.41) is 4.04. The van der Waals surface area contributed by atoms with E-state index in [0.717, 1.165) is 0 Å². The third-order valence-corrected chi connectivity index (χ3v) is 2.16. The molecule has 0 fully saturated rings. The van der Waals surface area contributed by atoms with Gasteiger partial charge in [0.1, 0.15) is 12.1 Å². The second kappa shape index (κ2) is 6.44. The Morgan fingerprint density at radius 1 is 0.765 bits per heavy atom. The van der Waals surface area contributed by atoms with Crippen molar-refractivity contribution < 1.29 is 26.3 Å². The Balaban J connectivity index is 4.68. The summed E-state index contributed by atoms with van der Waals surface area (Å²) < 4.78 is 74.6. The molecule has 0 rings (SSSR count). The summed E-state index contributed by atoms with van der Waals surface area (Å²) >= 11 is 0. The van der Waals surface area contributed by atoms with E-state index in [0.29, 0.717) is 0 Å². The Kier molecular flexibility index (Phi) is 6.25. The van der Waals surface area contributed by atoms with Crippen molar-refractivity contribution in [2.24, 2.45) is 0 Å². The van der Waals surface area contributed by atoms with Gasteiger partial charge < -0.3 is 10.6 Å². The van der Waals surface area contributed by atoms with E-state index in [1.165, 1.54) is 13.8 Å². The summed E-state index contributed by atoms with van der Waals surface area (Å²) in [4.78, 5) is 0. The van der Waals surface area contributed by atoms with Gasteiger partial charge in [0, 0.05) is 0 Å². The predicted octanol–water partition coefficient (Wildman–Crippen LogP) is 2.46. The van der Waals surface area contributed by atoms with Gasteiger partial charge in [-0.1, -0.05) is 13.8 Å². The maximum absolute atomic E-state index is 12.4. The molecule has 0 bridgehead atoms. The van der Waals surface area contributed by atoms with Gasteiger partial charge in [-0.3, -0.25) is 0 Å². The molecule has 0 aliphatic carbocycles. The predicted molar refractivity (Wildman–Crippen MR) is 51.7 cm³/mol. The first-order valence-corrected chi connectivity index (χ1v) is 5.23. The third kappa shape index (κ3) is 6.11. The second-order valence-electron chi connectivity index (χ2n) is 3.54. The maximum Gasteiger partial charge on any atom is 0.403 e. The van der Waals surface area contributed by atoms with Gasteiger partial charge in [-0.15, -0.1) is 0 Å². The highest BCUT2D eigenvalue weighted by Gasteiger charge is 2.47. The van der Waals surface area contributed by atoms with Crippen LogP contribution in [0.2, 0.25) is 0 Å². The SMILES string of the molecule is CCNC(CC(NCC)C(F)(F)F)C(F)(F)F. The number of halogens is 6. The fourth-order valence-electron chi connectivity index (χ4n) is 1.39. The number of hydrogen-bond acceptors (Lipinski definition) is 2. The second-order valence-corrected chi connectivity index (χ2v) is 3.54. The van der Waals surface area contributed by atoms with Crippen LogP contribution in [-0.4, -0.2) is 37.5 Å². The minimum Gasteiger partial charge on any atom is -0.306 e. The first-order valence-electron chi connectivity index (χ1n) is 5.23. The molecule has 8 heteroatoms. The molecule has 17 heavy (non-hydrogen) atoms. The van der Waals surface area contributed by atoms with Gasteiger partial charge in [0.2, 0.25) is 0 Å². The molecule has 0 spiro atoms. The molecule has 0 aromatic carbocycles. The van der Waals surface area contributed by atoms with Crippen molar-refractivity contribution in [2.75, 3.05) is 13.1 Å². The Morgan fingerprint density at radius 2 is 1.06 bits per heavy atom. The van der Waals surface area contributed by atoms with Gasteiger partial charge in [0.15, 0.2) is 0 Å². The van der Waals surface area contributed by atoms with Gasteiger partial charge in [0.25, 0.3) is 0 Å². The zero-order chi connectivity index (χ0) is 13.7. The largest absolute Gasteiger partial charge is 0.403 e. The molecule has 2 nitrogen and oxygen atoms in total. The van der Waals surface area contributed by atoms with E-state index >= 15 is 0 Å². The lowest BCUT2D eigenvalue weighted by Crippen LogP contribution is -2.51. The molecule has 2 unspecified atom stereocenters. The minimum absolute atomic E-state index is 0.0408. The van der Waals surface area contributed by atoms with Crippen LogP contribution in [-0.2, 0) is 0 Å². The molecule has 0 aromatic heterocycles. The van der Waals surface area contributed by atoms with Crippen LogP contribution >= 0.6 is 0 Å². The summed E-state index contributed by atoms with van der Waals surface area (Å²) in [7, 11) is 0. The molecule has 104 valence electrons. The fourth-order valence-corrected chi connectivity index (χ4v) is 1.39. The smallest absolute Gasteiger partial charge is 0.306 e. The van der Waals surface area contributed by atoms with Gasteiger partial charge in [-0.25, -0.2) is 0 Å². The zero-order valence-corrected chi connectivity index (χ0v) is 9.54. The number of rotatable bonds is 6. The Bertz CT molecular complexity index is 191. The Hall–Kier alpha value is -0.500. The molecule has 0 heterocycles. The number of alkyl halides is 6. The average Bonchev–Trinajstić information content (AvgIpc) is 2.12. The molecule has 0 radical (unpaired) electrons. The normalized spacial score (nSPS) is 16.9. The number of nitrogens with one attached hydrogen (secondary N) is 2. The molecular formula is C9H16F6N2. The van der Waals surface area contributed by atoms with Crippen molar-refractivity contribution in [1.29, 1.82) is 0 Å². The van der Waals surface area contributed by atoms with Gasteiger partial charge >= 0.3 is 12.4 Å². The Morgan fingerprint density at radius 3 is 1.24 bits per heavy atom. The molecule has 0 amide bonds. The van der Waals surface area contributed by atoms with Crippen molar-refractivity contribution in [3.05, 3.63) is 0 Å². The molecule has 2 atom stereocenters. The van der Waals surface area contributed by atoms with Crippen LogP contribution < -0.4 is 10.6 Å². The van der Waals surface area contributed by atoms with Crippen molar-refractivity contribution in [3.63, 3.8) is 0 Å². The summed E-state index contributed by atoms with van der Waals surface area (Å²) in [6.45, 7) is 2.74. The van der Waals surface area contributed by atoms with Crippen molar-refractivity contribution in [1.82, 2.24) is 10.6 Å². The quantitative estimate of drug-likeness (QED) is 0.722. The van der Waals surface area contributed by atoms with Crippen LogP contribution in [0.1, 0.15) is 20.3 Å². The van der Waals surface area contributed by atoms with Gasteiger partial charge in [-0.05, 0) is 19.5 Å². The lowest BCUT2D eigenvalue weighted by atomic mass is 10.1. The van der Waals surface area contributed by atoms with E-state index in [1.54, 1.807) is 0 Å². The zero-order valence-electron chi connectivity index (χ0n) is 9.54. The minimum atomic E-state index is -4.69. The summed E-state index contributed by atoms with van der Waals surface area (Å²) in [5.41, 5.74) is 0. The van der Waals surface area contributed by atoms with Crippen LogP contribution in [0, 0.1) is 0 Å². The van der Waals surface area contributed by atoms with E-state index in [-0.39, 0.29) is 13.1 Å². The molecule has 0 aliphatic rings. The molecular weight excluding hydrogens is 250 g/mol. The van der Waals surface area contributed by atoms with Crippen LogP contribution in [0.4, 0.5) is 26.3 Å². The van der Waals surface area contributed by atoms with Crippen molar-refractivity contribution in [2.45, 2.75) is 44.7 Å². The molecule has 2 N–H and O–H groups in total. The van der Waals surface area contributed by atoms with Gasteiger partial charge in [-0.2, -0.15) is 26.3 Å². The van der Waals surface area contributed by atoms with E-state index < -0.39 is 30.9 Å². The van der Waals surface area contributed by atoms with Crippen LogP contribution in [0.5, 0.6) is 0 Å². The lowest BCUT2D eigenvalue weighted by molar-refractivity contribution is -0.184.